The van der Waals surface area contributed by atoms with E-state index in [1.807, 2.05) is 0 Å². The van der Waals surface area contributed by atoms with Crippen molar-refractivity contribution >= 4 is 24.5 Å². The van der Waals surface area contributed by atoms with Gasteiger partial charge in [-0.2, -0.15) is 5.75 Å². The van der Waals surface area contributed by atoms with Crippen LogP contribution in [0.2, 0.25) is 0 Å². The third kappa shape index (κ3) is 7.57. The van der Waals surface area contributed by atoms with Crippen LogP contribution in [0.15, 0.2) is 29.4 Å². The van der Waals surface area contributed by atoms with E-state index in [0.717, 1.165) is 0 Å². The maximum Gasteiger partial charge on any atom is 0.0732 e. The molecule has 1 aromatic rings. The summed E-state index contributed by atoms with van der Waals surface area (Å²) in [6, 6.07) is 3.92. The molecular formula is C11H11N3O4ReS-6. The molecule has 0 aliphatic rings. The summed E-state index contributed by atoms with van der Waals surface area (Å²) >= 11 is 4.61. The third-order valence-corrected chi connectivity index (χ3v) is 2.33. The Kier molecular flexibility index (Phi) is 12.6. The van der Waals surface area contributed by atoms with Crippen LogP contribution in [0.25, 0.3) is 5.32 Å². The Hall–Kier alpha value is -0.978. The van der Waals surface area contributed by atoms with Crippen molar-refractivity contribution in [2.45, 2.75) is 6.04 Å². The van der Waals surface area contributed by atoms with Crippen molar-refractivity contribution in [3.63, 3.8) is 0 Å². The number of carbonyl (C=O) groups is 1. The van der Waals surface area contributed by atoms with Crippen LogP contribution in [-0.2, 0) is 43.3 Å². The summed E-state index contributed by atoms with van der Waals surface area (Å²) in [5, 5.41) is 25.7. The SMILES string of the molecule is O=C([O-])C(C[S-])[N-]CCN=C([O-])c1ccccn1.[O-2].[Re]. The average Bonchev–Trinajstić information content (AvgIpc) is 2.39. The zero-order valence-electron chi connectivity index (χ0n) is 10.3. The van der Waals surface area contributed by atoms with Gasteiger partial charge in [-0.25, -0.2) is 0 Å². The minimum absolute atomic E-state index is 0. The molecule has 0 aromatic carbocycles. The fraction of sp³-hybridized carbons (Fsp3) is 0.364. The van der Waals surface area contributed by atoms with Crippen molar-refractivity contribution in [3.8, 4) is 0 Å². The van der Waals surface area contributed by atoms with Gasteiger partial charge in [-0.1, -0.05) is 6.07 Å². The van der Waals surface area contributed by atoms with Gasteiger partial charge in [0.05, 0.1) is 5.69 Å². The number of aromatic nitrogens is 1. The molecule has 1 heterocycles. The molecule has 113 valence electrons. The molecule has 0 saturated heterocycles. The molecule has 0 bridgehead atoms. The molecule has 1 aromatic heterocycles. The van der Waals surface area contributed by atoms with Crippen LogP contribution in [0, 0.1) is 0 Å². The summed E-state index contributed by atoms with van der Waals surface area (Å²) in [5.41, 5.74) is 0.247. The van der Waals surface area contributed by atoms with Gasteiger partial charge >= 0.3 is 0 Å². The number of aliphatic imine (C=N–C) groups is 1. The molecule has 0 aliphatic heterocycles. The van der Waals surface area contributed by atoms with Crippen molar-refractivity contribution < 1.29 is 40.9 Å². The molecule has 9 heteroatoms. The maximum atomic E-state index is 11.5. The standard InChI is InChI=1S/C11H14N3O3S.O.Re/c15-10(8-3-1-2-4-12-8)14-6-5-13-9(7-18)11(16)17;;/h1-4,9,18H,5-7H2,(H,14,15)(H,16,17);;/q-1;-2;/p-3. The summed E-state index contributed by atoms with van der Waals surface area (Å²) in [5.74, 6) is -1.80. The smallest absolute Gasteiger partial charge is 0.0732 e. The van der Waals surface area contributed by atoms with Crippen LogP contribution in [-0.4, -0.2) is 41.7 Å². The predicted octanol–water partition coefficient (Wildman–Crippen LogP) is -1.89. The fourth-order valence-corrected chi connectivity index (χ4v) is 1.37. The number of nitrogens with zero attached hydrogens (tertiary/aromatic N) is 3. The van der Waals surface area contributed by atoms with Gasteiger partial charge in [-0.15, -0.1) is 12.6 Å². The maximum absolute atomic E-state index is 11.5. The van der Waals surface area contributed by atoms with Crippen LogP contribution in [0.4, 0.5) is 0 Å². The summed E-state index contributed by atoms with van der Waals surface area (Å²) in [7, 11) is 0. The molecule has 0 N–H and O–H groups in total. The van der Waals surface area contributed by atoms with E-state index < -0.39 is 17.9 Å². The summed E-state index contributed by atoms with van der Waals surface area (Å²) in [6.07, 6.45) is 1.50. The van der Waals surface area contributed by atoms with E-state index in [0.29, 0.717) is 0 Å². The summed E-state index contributed by atoms with van der Waals surface area (Å²) in [4.78, 5) is 18.1. The predicted molar refractivity (Wildman–Crippen MR) is 65.6 cm³/mol. The molecule has 20 heavy (non-hydrogen) atoms. The van der Waals surface area contributed by atoms with Crippen LogP contribution >= 0.6 is 0 Å². The molecule has 0 aliphatic carbocycles. The number of carboxylic acid groups (broad SMARTS) is 1. The number of pyridine rings is 1. The fourth-order valence-electron chi connectivity index (χ4n) is 1.13. The van der Waals surface area contributed by atoms with Crippen LogP contribution < -0.4 is 10.2 Å². The Morgan fingerprint density at radius 3 is 2.65 bits per heavy atom. The largest absolute Gasteiger partial charge is 2.00 e. The number of aliphatic carboxylic acids is 1. The molecule has 1 rings (SSSR count). The Bertz CT molecular complexity index is 419. The van der Waals surface area contributed by atoms with Crippen LogP contribution in [0.3, 0.4) is 0 Å². The van der Waals surface area contributed by atoms with Crippen molar-refractivity contribution in [2.75, 3.05) is 18.8 Å². The Labute approximate surface area is 135 Å². The molecule has 0 spiro atoms. The summed E-state index contributed by atoms with van der Waals surface area (Å²) in [6.45, 7) is 0.225. The van der Waals surface area contributed by atoms with E-state index in [9.17, 15) is 15.0 Å². The van der Waals surface area contributed by atoms with Gasteiger partial charge in [-0.05, 0) is 12.1 Å². The Morgan fingerprint density at radius 1 is 1.45 bits per heavy atom. The first kappa shape index (κ1) is 21.3. The third-order valence-electron chi connectivity index (χ3n) is 2.02. The monoisotopic (exact) mass is 468 g/mol. The first-order chi connectivity index (χ1) is 8.65. The number of carbonyl (C=O) groups excluding carboxylic acids is 1. The average molecular weight is 468 g/mol. The van der Waals surface area contributed by atoms with Crippen molar-refractivity contribution in [2.24, 2.45) is 4.99 Å². The first-order valence-electron chi connectivity index (χ1n) is 5.23. The number of carboxylic acids is 1. The zero-order valence-corrected chi connectivity index (χ0v) is 13.8. The second-order valence-corrected chi connectivity index (χ2v) is 3.64. The van der Waals surface area contributed by atoms with Gasteiger partial charge in [0.2, 0.25) is 0 Å². The Morgan fingerprint density at radius 2 is 2.15 bits per heavy atom. The van der Waals surface area contributed by atoms with Gasteiger partial charge in [0.1, 0.15) is 0 Å². The first-order valence-corrected chi connectivity index (χ1v) is 5.81. The minimum atomic E-state index is -1.30. The molecule has 1 unspecified atom stereocenters. The van der Waals surface area contributed by atoms with Crippen molar-refractivity contribution in [3.05, 3.63) is 35.4 Å². The van der Waals surface area contributed by atoms with Gasteiger partial charge in [0.25, 0.3) is 0 Å². The molecule has 7 nitrogen and oxygen atoms in total. The normalized spacial score (nSPS) is 11.9. The number of hydrogen-bond acceptors (Lipinski definition) is 6. The minimum Gasteiger partial charge on any atom is -2.00 e. The molecule has 0 fully saturated rings. The van der Waals surface area contributed by atoms with E-state index in [2.05, 4.69) is 27.9 Å². The second kappa shape index (κ2) is 11.8. The van der Waals surface area contributed by atoms with Crippen LogP contribution in [0.5, 0.6) is 0 Å². The number of rotatable bonds is 7. The van der Waals surface area contributed by atoms with Gasteiger partial charge < -0.3 is 43.4 Å². The van der Waals surface area contributed by atoms with Crippen LogP contribution in [0.1, 0.15) is 5.69 Å². The number of hydrogen-bond donors (Lipinski definition) is 0. The van der Waals surface area contributed by atoms with E-state index >= 15 is 0 Å². The molecule has 1 radical (unpaired) electrons. The van der Waals surface area contributed by atoms with E-state index in [1.54, 1.807) is 18.2 Å². The van der Waals surface area contributed by atoms with E-state index in [-0.39, 0.29) is 50.4 Å². The van der Waals surface area contributed by atoms with Gasteiger partial charge in [0, 0.05) is 45.0 Å². The zero-order chi connectivity index (χ0) is 13.4. The topological polar surface area (TPSA) is 131 Å². The van der Waals surface area contributed by atoms with E-state index in [4.69, 9.17) is 0 Å². The summed E-state index contributed by atoms with van der Waals surface area (Å²) < 4.78 is 0. The van der Waals surface area contributed by atoms with Crippen molar-refractivity contribution in [1.29, 1.82) is 0 Å². The van der Waals surface area contributed by atoms with Gasteiger partial charge in [0.15, 0.2) is 0 Å². The van der Waals surface area contributed by atoms with E-state index in [1.165, 1.54) is 6.20 Å². The quantitative estimate of drug-likeness (QED) is 0.200. The second-order valence-electron chi connectivity index (χ2n) is 3.31. The van der Waals surface area contributed by atoms with Gasteiger partial charge in [-0.3, -0.25) is 4.98 Å². The molecule has 1 atom stereocenters. The Balaban J connectivity index is 0. The molecule has 0 amide bonds. The van der Waals surface area contributed by atoms with Crippen molar-refractivity contribution in [1.82, 2.24) is 4.98 Å². The molecular weight excluding hydrogens is 456 g/mol. The molecule has 0 saturated carbocycles.